The van der Waals surface area contributed by atoms with Crippen LogP contribution in [0.25, 0.3) is 10.9 Å². The molecule has 0 spiro atoms. The smallest absolute Gasteiger partial charge is 0.0992 e. The van der Waals surface area contributed by atoms with Gasteiger partial charge in [0.15, 0.2) is 0 Å². The van der Waals surface area contributed by atoms with Gasteiger partial charge in [-0.1, -0.05) is 29.8 Å². The van der Waals surface area contributed by atoms with Crippen LogP contribution in [0.5, 0.6) is 0 Å². The fourth-order valence-corrected chi connectivity index (χ4v) is 2.40. The Labute approximate surface area is 121 Å². The van der Waals surface area contributed by atoms with Gasteiger partial charge in [0.25, 0.3) is 0 Å². The predicted molar refractivity (Wildman–Crippen MR) is 81.8 cm³/mol. The fourth-order valence-electron chi connectivity index (χ4n) is 2.22. The largest absolute Gasteiger partial charge is 0.380 e. The number of anilines is 1. The molecule has 0 unspecified atom stereocenters. The lowest BCUT2D eigenvalue weighted by molar-refractivity contribution is 1.16. The van der Waals surface area contributed by atoms with E-state index in [-0.39, 0.29) is 0 Å². The van der Waals surface area contributed by atoms with Gasteiger partial charge in [-0.3, -0.25) is 0 Å². The highest BCUT2D eigenvalue weighted by Crippen LogP contribution is 2.24. The van der Waals surface area contributed by atoms with Crippen molar-refractivity contribution >= 4 is 28.2 Å². The number of halogens is 1. The van der Waals surface area contributed by atoms with E-state index in [4.69, 9.17) is 16.9 Å². The molecule has 4 heteroatoms. The topological polar surface area (TPSA) is 51.6 Å². The van der Waals surface area contributed by atoms with Crippen LogP contribution in [0, 0.1) is 11.3 Å². The fraction of sp³-hybridized carbons (Fsp3) is 0.0625. The molecular weight excluding hydrogens is 270 g/mol. The highest BCUT2D eigenvalue weighted by atomic mass is 35.5. The first kappa shape index (κ1) is 12.6. The van der Waals surface area contributed by atoms with Crippen LogP contribution in [-0.2, 0) is 6.54 Å². The first-order valence-corrected chi connectivity index (χ1v) is 6.64. The Morgan fingerprint density at radius 3 is 2.95 bits per heavy atom. The Bertz CT molecular complexity index is 799. The Balaban J connectivity index is 1.87. The molecule has 1 aromatic heterocycles. The van der Waals surface area contributed by atoms with E-state index in [0.29, 0.717) is 17.1 Å². The van der Waals surface area contributed by atoms with Crippen LogP contribution >= 0.6 is 11.6 Å². The average Bonchev–Trinajstić information content (AvgIpc) is 2.95. The number of fused-ring (bicyclic) bond motifs is 1. The van der Waals surface area contributed by atoms with Crippen molar-refractivity contribution in [1.29, 1.82) is 5.26 Å². The van der Waals surface area contributed by atoms with Crippen LogP contribution in [0.15, 0.2) is 48.7 Å². The minimum Gasteiger partial charge on any atom is -0.380 e. The number of nitriles is 1. The van der Waals surface area contributed by atoms with Crippen molar-refractivity contribution in [1.82, 2.24) is 4.98 Å². The monoisotopic (exact) mass is 281 g/mol. The third-order valence-electron chi connectivity index (χ3n) is 3.24. The molecule has 2 N–H and O–H groups in total. The second-order valence-electron chi connectivity index (χ2n) is 4.52. The van der Waals surface area contributed by atoms with Gasteiger partial charge in [0.1, 0.15) is 0 Å². The summed E-state index contributed by atoms with van der Waals surface area (Å²) in [5, 5.41) is 14.0. The summed E-state index contributed by atoms with van der Waals surface area (Å²) in [5.41, 5.74) is 3.64. The first-order valence-electron chi connectivity index (χ1n) is 6.26. The summed E-state index contributed by atoms with van der Waals surface area (Å²) in [6.45, 7) is 0.645. The van der Waals surface area contributed by atoms with Crippen LogP contribution in [0.1, 0.15) is 11.1 Å². The lowest BCUT2D eigenvalue weighted by Gasteiger charge is -2.09. The first-order chi connectivity index (χ1) is 9.78. The van der Waals surface area contributed by atoms with Gasteiger partial charge in [-0.05, 0) is 35.2 Å². The number of aromatic nitrogens is 1. The van der Waals surface area contributed by atoms with E-state index in [0.717, 1.165) is 16.8 Å². The van der Waals surface area contributed by atoms with E-state index in [1.54, 1.807) is 18.2 Å². The Morgan fingerprint density at radius 1 is 1.20 bits per heavy atom. The van der Waals surface area contributed by atoms with Crippen molar-refractivity contribution in [3.63, 3.8) is 0 Å². The van der Waals surface area contributed by atoms with Crippen molar-refractivity contribution in [2.24, 2.45) is 0 Å². The van der Waals surface area contributed by atoms with Crippen LogP contribution in [0.2, 0.25) is 5.02 Å². The van der Waals surface area contributed by atoms with Crippen molar-refractivity contribution in [2.45, 2.75) is 6.54 Å². The number of hydrogen-bond acceptors (Lipinski definition) is 2. The van der Waals surface area contributed by atoms with Crippen LogP contribution in [0.4, 0.5) is 5.69 Å². The van der Waals surface area contributed by atoms with Crippen LogP contribution in [-0.4, -0.2) is 4.98 Å². The Morgan fingerprint density at radius 2 is 2.10 bits per heavy atom. The third kappa shape index (κ3) is 2.34. The van der Waals surface area contributed by atoms with Gasteiger partial charge in [0.2, 0.25) is 0 Å². The van der Waals surface area contributed by atoms with Crippen molar-refractivity contribution in [3.8, 4) is 6.07 Å². The molecule has 0 saturated heterocycles. The van der Waals surface area contributed by atoms with E-state index in [9.17, 15) is 0 Å². The molecule has 0 bridgehead atoms. The Hall–Kier alpha value is -2.44. The summed E-state index contributed by atoms with van der Waals surface area (Å²) in [6, 6.07) is 15.5. The quantitative estimate of drug-likeness (QED) is 0.752. The number of rotatable bonds is 3. The van der Waals surface area contributed by atoms with E-state index < -0.39 is 0 Å². The maximum atomic E-state index is 8.93. The van der Waals surface area contributed by atoms with Gasteiger partial charge >= 0.3 is 0 Å². The minimum absolute atomic E-state index is 0.593. The van der Waals surface area contributed by atoms with Gasteiger partial charge in [-0.2, -0.15) is 5.26 Å². The van der Waals surface area contributed by atoms with Crippen molar-refractivity contribution in [2.75, 3.05) is 5.32 Å². The molecule has 3 nitrogen and oxygen atoms in total. The molecule has 2 aromatic carbocycles. The number of para-hydroxylation sites is 1. The maximum Gasteiger partial charge on any atom is 0.0992 e. The number of benzene rings is 2. The zero-order valence-electron chi connectivity index (χ0n) is 10.7. The van der Waals surface area contributed by atoms with Crippen molar-refractivity contribution < 1.29 is 0 Å². The van der Waals surface area contributed by atoms with Crippen LogP contribution < -0.4 is 5.32 Å². The average molecular weight is 282 g/mol. The molecular formula is C16H12ClN3. The molecule has 0 atom stereocenters. The standard InChI is InChI=1S/C16H12ClN3/c17-14-5-4-11(9-18)8-15(14)20-10-13-3-1-2-12-6-7-19-16(12)13/h1-8,19-20H,10H2. The molecule has 0 fully saturated rings. The molecule has 98 valence electrons. The third-order valence-corrected chi connectivity index (χ3v) is 3.57. The van der Waals surface area contributed by atoms with E-state index in [2.05, 4.69) is 28.5 Å². The number of hydrogen-bond donors (Lipinski definition) is 2. The van der Waals surface area contributed by atoms with Crippen molar-refractivity contribution in [3.05, 3.63) is 64.8 Å². The molecule has 0 radical (unpaired) electrons. The van der Waals surface area contributed by atoms with Gasteiger partial charge in [0, 0.05) is 12.7 Å². The zero-order chi connectivity index (χ0) is 13.9. The summed E-state index contributed by atoms with van der Waals surface area (Å²) < 4.78 is 0. The number of H-pyrrole nitrogens is 1. The highest BCUT2D eigenvalue weighted by Gasteiger charge is 2.04. The molecule has 0 aliphatic rings. The number of nitrogens with one attached hydrogen (secondary N) is 2. The molecule has 1 heterocycles. The van der Waals surface area contributed by atoms with Gasteiger partial charge in [-0.25, -0.2) is 0 Å². The molecule has 0 amide bonds. The molecule has 3 aromatic rings. The molecule has 0 aliphatic heterocycles. The number of nitrogens with zero attached hydrogens (tertiary/aromatic N) is 1. The van der Waals surface area contributed by atoms with E-state index in [1.165, 1.54) is 5.39 Å². The second kappa shape index (κ2) is 5.28. The second-order valence-corrected chi connectivity index (χ2v) is 4.93. The van der Waals surface area contributed by atoms with Gasteiger partial charge in [-0.15, -0.1) is 0 Å². The number of aromatic amines is 1. The summed E-state index contributed by atoms with van der Waals surface area (Å²) >= 11 is 6.14. The molecule has 0 saturated carbocycles. The minimum atomic E-state index is 0.593. The molecule has 3 rings (SSSR count). The Kier molecular flexibility index (Phi) is 3.32. The molecule has 20 heavy (non-hydrogen) atoms. The zero-order valence-corrected chi connectivity index (χ0v) is 11.4. The van der Waals surface area contributed by atoms with E-state index in [1.807, 2.05) is 18.3 Å². The van der Waals surface area contributed by atoms with Gasteiger partial charge in [0.05, 0.1) is 27.9 Å². The summed E-state index contributed by atoms with van der Waals surface area (Å²) in [6.07, 6.45) is 1.93. The lowest BCUT2D eigenvalue weighted by atomic mass is 10.1. The molecule has 0 aliphatic carbocycles. The maximum absolute atomic E-state index is 8.93. The highest BCUT2D eigenvalue weighted by molar-refractivity contribution is 6.33. The predicted octanol–water partition coefficient (Wildman–Crippen LogP) is 4.31. The summed E-state index contributed by atoms with van der Waals surface area (Å²) in [5.74, 6) is 0. The summed E-state index contributed by atoms with van der Waals surface area (Å²) in [4.78, 5) is 3.24. The van der Waals surface area contributed by atoms with E-state index >= 15 is 0 Å². The normalized spacial score (nSPS) is 10.4. The lowest BCUT2D eigenvalue weighted by Crippen LogP contribution is -2.01. The van der Waals surface area contributed by atoms with Gasteiger partial charge < -0.3 is 10.3 Å². The summed E-state index contributed by atoms with van der Waals surface area (Å²) in [7, 11) is 0. The van der Waals surface area contributed by atoms with Crippen LogP contribution in [0.3, 0.4) is 0 Å². The SMILES string of the molecule is N#Cc1ccc(Cl)c(NCc2cccc3cc[nH]c23)c1.